The number of hydrogen-bond donors (Lipinski definition) is 1. The Morgan fingerprint density at radius 1 is 1.07 bits per heavy atom. The molecule has 0 unspecified atom stereocenters. The number of benzene rings is 1. The molecule has 0 aliphatic carbocycles. The van der Waals surface area contributed by atoms with Crippen molar-refractivity contribution in [2.24, 2.45) is 0 Å². The minimum Gasteiger partial charge on any atom is -0.348 e. The number of carbonyl (C=O) groups excluding carboxylic acids is 2. The number of aromatic nitrogens is 3. The summed E-state index contributed by atoms with van der Waals surface area (Å²) in [7, 11) is 2.07. The Bertz CT molecular complexity index is 1080. The lowest BCUT2D eigenvalue weighted by atomic mass is 10.1. The van der Waals surface area contributed by atoms with E-state index >= 15 is 0 Å². The second kappa shape index (κ2) is 8.23. The van der Waals surface area contributed by atoms with Crippen LogP contribution in [-0.2, 0) is 6.54 Å². The van der Waals surface area contributed by atoms with Gasteiger partial charge in [0, 0.05) is 49.7 Å². The second-order valence-corrected chi connectivity index (χ2v) is 7.81. The summed E-state index contributed by atoms with van der Waals surface area (Å²) in [5.41, 5.74) is 4.37. The Hall–Kier alpha value is -3.26. The van der Waals surface area contributed by atoms with E-state index in [1.165, 1.54) is 0 Å². The van der Waals surface area contributed by atoms with Gasteiger partial charge >= 0.3 is 0 Å². The van der Waals surface area contributed by atoms with E-state index in [-0.39, 0.29) is 11.8 Å². The number of carbonyl (C=O) groups is 2. The first-order chi connectivity index (χ1) is 14.4. The van der Waals surface area contributed by atoms with Gasteiger partial charge < -0.3 is 15.1 Å². The van der Waals surface area contributed by atoms with Gasteiger partial charge in [0.25, 0.3) is 11.8 Å². The first-order valence-corrected chi connectivity index (χ1v) is 10.1. The molecular weight excluding hydrogens is 380 g/mol. The fourth-order valence-corrected chi connectivity index (χ4v) is 3.67. The molecule has 8 heteroatoms. The van der Waals surface area contributed by atoms with Crippen LogP contribution in [0.15, 0.2) is 36.5 Å². The summed E-state index contributed by atoms with van der Waals surface area (Å²) in [6.45, 7) is 7.48. The van der Waals surface area contributed by atoms with Crippen LogP contribution in [-0.4, -0.2) is 69.4 Å². The van der Waals surface area contributed by atoms with Crippen molar-refractivity contribution in [1.82, 2.24) is 29.7 Å². The van der Waals surface area contributed by atoms with Gasteiger partial charge in [0.1, 0.15) is 5.56 Å². The van der Waals surface area contributed by atoms with Crippen LogP contribution >= 0.6 is 0 Å². The van der Waals surface area contributed by atoms with Gasteiger partial charge in [-0.25, -0.2) is 9.50 Å². The lowest BCUT2D eigenvalue weighted by molar-refractivity contribution is 0.0664. The normalized spacial score (nSPS) is 14.8. The van der Waals surface area contributed by atoms with Crippen LogP contribution in [0.5, 0.6) is 0 Å². The predicted molar refractivity (Wildman–Crippen MR) is 113 cm³/mol. The molecule has 0 bridgehead atoms. The molecule has 1 saturated heterocycles. The number of nitrogens with zero attached hydrogens (tertiary/aromatic N) is 5. The zero-order valence-corrected chi connectivity index (χ0v) is 17.6. The highest BCUT2D eigenvalue weighted by molar-refractivity contribution is 5.99. The molecule has 0 spiro atoms. The molecule has 1 aliphatic rings. The van der Waals surface area contributed by atoms with Gasteiger partial charge in [-0.2, -0.15) is 5.10 Å². The number of piperazine rings is 1. The summed E-state index contributed by atoms with van der Waals surface area (Å²) in [5.74, 6) is -0.165. The Labute approximate surface area is 175 Å². The van der Waals surface area contributed by atoms with E-state index in [0.29, 0.717) is 23.3 Å². The average molecular weight is 406 g/mol. The first kappa shape index (κ1) is 20.0. The van der Waals surface area contributed by atoms with Gasteiger partial charge in [-0.15, -0.1) is 0 Å². The molecule has 1 N–H and O–H groups in total. The van der Waals surface area contributed by atoms with Crippen LogP contribution in [0.2, 0.25) is 0 Å². The fraction of sp³-hybridized carbons (Fsp3) is 0.364. The smallest absolute Gasteiger partial charge is 0.257 e. The molecule has 0 saturated carbocycles. The molecule has 156 valence electrons. The van der Waals surface area contributed by atoms with Crippen LogP contribution in [0.4, 0.5) is 0 Å². The third kappa shape index (κ3) is 4.04. The highest BCUT2D eigenvalue weighted by Crippen LogP contribution is 2.13. The summed E-state index contributed by atoms with van der Waals surface area (Å²) in [6, 6.07) is 9.34. The molecule has 3 aromatic rings. The van der Waals surface area contributed by atoms with Crippen molar-refractivity contribution in [3.63, 3.8) is 0 Å². The van der Waals surface area contributed by atoms with E-state index in [1.54, 1.807) is 10.7 Å². The zero-order valence-electron chi connectivity index (χ0n) is 17.6. The van der Waals surface area contributed by atoms with Crippen molar-refractivity contribution in [1.29, 1.82) is 0 Å². The third-order valence-corrected chi connectivity index (χ3v) is 5.47. The highest BCUT2D eigenvalue weighted by atomic mass is 16.2. The van der Waals surface area contributed by atoms with Crippen LogP contribution in [0.3, 0.4) is 0 Å². The maximum absolute atomic E-state index is 12.7. The van der Waals surface area contributed by atoms with Gasteiger partial charge in [0.05, 0.1) is 6.20 Å². The molecular formula is C22H26N6O2. The topological polar surface area (TPSA) is 82.8 Å². The van der Waals surface area contributed by atoms with Gasteiger partial charge in [0.2, 0.25) is 0 Å². The number of hydrogen-bond acceptors (Lipinski definition) is 5. The van der Waals surface area contributed by atoms with Gasteiger partial charge in [-0.3, -0.25) is 9.59 Å². The van der Waals surface area contributed by atoms with E-state index < -0.39 is 0 Å². The molecule has 1 aromatic carbocycles. The fourth-order valence-electron chi connectivity index (χ4n) is 3.67. The number of aryl methyl sites for hydroxylation is 2. The number of rotatable bonds is 4. The van der Waals surface area contributed by atoms with Crippen molar-refractivity contribution in [3.8, 4) is 0 Å². The van der Waals surface area contributed by atoms with Crippen molar-refractivity contribution < 1.29 is 9.59 Å². The first-order valence-electron chi connectivity index (χ1n) is 10.1. The lowest BCUT2D eigenvalue weighted by Crippen LogP contribution is -2.47. The zero-order chi connectivity index (χ0) is 21.3. The molecule has 0 radical (unpaired) electrons. The van der Waals surface area contributed by atoms with E-state index in [1.807, 2.05) is 49.1 Å². The number of fused-ring (bicyclic) bond motifs is 1. The monoisotopic (exact) mass is 406 g/mol. The van der Waals surface area contributed by atoms with Gasteiger partial charge in [-0.1, -0.05) is 12.1 Å². The minimum absolute atomic E-state index is 0.0573. The SMILES string of the molecule is Cc1cc(C)n2ncc(C(=O)NCc3ccc(C(=O)N4CCN(C)CC4)cc3)c2n1. The largest absolute Gasteiger partial charge is 0.348 e. The molecule has 1 fully saturated rings. The summed E-state index contributed by atoms with van der Waals surface area (Å²) >= 11 is 0. The Morgan fingerprint density at radius 3 is 2.47 bits per heavy atom. The van der Waals surface area contributed by atoms with E-state index in [9.17, 15) is 9.59 Å². The number of amides is 2. The average Bonchev–Trinajstić information content (AvgIpc) is 3.17. The molecule has 1 aliphatic heterocycles. The second-order valence-electron chi connectivity index (χ2n) is 7.81. The lowest BCUT2D eigenvalue weighted by Gasteiger charge is -2.32. The minimum atomic E-state index is -0.222. The number of nitrogens with one attached hydrogen (secondary N) is 1. The molecule has 4 rings (SSSR count). The van der Waals surface area contributed by atoms with Crippen LogP contribution < -0.4 is 5.32 Å². The molecule has 2 aromatic heterocycles. The van der Waals surface area contributed by atoms with Crippen molar-refractivity contribution >= 4 is 17.5 Å². The maximum atomic E-state index is 12.7. The summed E-state index contributed by atoms with van der Waals surface area (Å²) in [5, 5.41) is 7.18. The van der Waals surface area contributed by atoms with Gasteiger partial charge in [0.15, 0.2) is 5.65 Å². The molecule has 2 amide bonds. The van der Waals surface area contributed by atoms with Crippen LogP contribution in [0, 0.1) is 13.8 Å². The highest BCUT2D eigenvalue weighted by Gasteiger charge is 2.20. The van der Waals surface area contributed by atoms with E-state index in [0.717, 1.165) is 43.1 Å². The van der Waals surface area contributed by atoms with Crippen LogP contribution in [0.1, 0.15) is 37.7 Å². The van der Waals surface area contributed by atoms with Gasteiger partial charge in [-0.05, 0) is 44.7 Å². The number of likely N-dealkylation sites (N-methyl/N-ethyl adjacent to an activating group) is 1. The Morgan fingerprint density at radius 2 is 1.77 bits per heavy atom. The standard InChI is InChI=1S/C22H26N6O2/c1-15-12-16(2)28-20(25-15)19(14-24-28)21(29)23-13-17-4-6-18(7-5-17)22(30)27-10-8-26(3)9-11-27/h4-7,12,14H,8-11,13H2,1-3H3,(H,23,29). The summed E-state index contributed by atoms with van der Waals surface area (Å²) in [6.07, 6.45) is 1.54. The molecule has 8 nitrogen and oxygen atoms in total. The Kier molecular flexibility index (Phi) is 5.50. The molecule has 0 atom stereocenters. The summed E-state index contributed by atoms with van der Waals surface area (Å²) in [4.78, 5) is 33.8. The van der Waals surface area contributed by atoms with E-state index in [2.05, 4.69) is 27.3 Å². The third-order valence-electron chi connectivity index (χ3n) is 5.47. The predicted octanol–water partition coefficient (Wildman–Crippen LogP) is 1.66. The van der Waals surface area contributed by atoms with Crippen LogP contribution in [0.25, 0.3) is 5.65 Å². The van der Waals surface area contributed by atoms with Crippen molar-refractivity contribution in [3.05, 3.63) is 64.6 Å². The maximum Gasteiger partial charge on any atom is 0.257 e. The molecule has 3 heterocycles. The van der Waals surface area contributed by atoms with E-state index in [4.69, 9.17) is 0 Å². The van der Waals surface area contributed by atoms with Crippen molar-refractivity contribution in [2.75, 3.05) is 33.2 Å². The quantitative estimate of drug-likeness (QED) is 0.713. The summed E-state index contributed by atoms with van der Waals surface area (Å²) < 4.78 is 1.67. The van der Waals surface area contributed by atoms with Crippen molar-refractivity contribution in [2.45, 2.75) is 20.4 Å². The molecule has 30 heavy (non-hydrogen) atoms. The Balaban J connectivity index is 1.40.